The van der Waals surface area contributed by atoms with Gasteiger partial charge in [-0.05, 0) is 13.3 Å². The first-order valence-corrected chi connectivity index (χ1v) is 8.78. The van der Waals surface area contributed by atoms with Crippen LogP contribution in [0.3, 0.4) is 0 Å². The number of likely N-dealkylation sites (tertiary alicyclic amines) is 1. The molecule has 3 rings (SSSR count). The molecule has 0 radical (unpaired) electrons. The smallest absolute Gasteiger partial charge is 0.220 e. The van der Waals surface area contributed by atoms with Gasteiger partial charge in [0.2, 0.25) is 11.8 Å². The highest BCUT2D eigenvalue weighted by molar-refractivity contribution is 5.73. The van der Waals surface area contributed by atoms with Crippen molar-refractivity contribution in [3.8, 4) is 0 Å². The predicted molar refractivity (Wildman–Crippen MR) is 91.7 cm³/mol. The second kappa shape index (κ2) is 7.39. The van der Waals surface area contributed by atoms with Crippen LogP contribution in [-0.4, -0.2) is 45.0 Å². The molecular formula is C18H26N4O3. The van der Waals surface area contributed by atoms with Gasteiger partial charge in [-0.1, -0.05) is 19.0 Å². The summed E-state index contributed by atoms with van der Waals surface area (Å²) in [5.74, 6) is 2.62. The molecule has 1 aliphatic rings. The van der Waals surface area contributed by atoms with Crippen molar-refractivity contribution in [2.45, 2.75) is 59.2 Å². The van der Waals surface area contributed by atoms with Crippen molar-refractivity contribution in [1.29, 1.82) is 0 Å². The van der Waals surface area contributed by atoms with E-state index in [9.17, 15) is 4.79 Å². The summed E-state index contributed by atoms with van der Waals surface area (Å²) in [7, 11) is 0. The van der Waals surface area contributed by atoms with Crippen LogP contribution < -0.4 is 0 Å². The zero-order chi connectivity index (χ0) is 18.0. The molecule has 0 aliphatic carbocycles. The Labute approximate surface area is 148 Å². The first-order valence-electron chi connectivity index (χ1n) is 8.78. The van der Waals surface area contributed by atoms with Crippen molar-refractivity contribution < 1.29 is 13.7 Å². The van der Waals surface area contributed by atoms with E-state index < -0.39 is 0 Å². The monoisotopic (exact) mass is 346 g/mol. The third kappa shape index (κ3) is 4.28. The molecule has 0 spiro atoms. The summed E-state index contributed by atoms with van der Waals surface area (Å²) < 4.78 is 10.9. The van der Waals surface area contributed by atoms with E-state index in [0.29, 0.717) is 18.4 Å². The highest BCUT2D eigenvalue weighted by Gasteiger charge is 2.30. The Balaban J connectivity index is 1.61. The number of carbonyl (C=O) groups is 1. The maximum atomic E-state index is 12.2. The molecule has 1 amide bonds. The summed E-state index contributed by atoms with van der Waals surface area (Å²) in [6, 6.07) is 2.12. The van der Waals surface area contributed by atoms with Gasteiger partial charge in [0.15, 0.2) is 0 Å². The minimum atomic E-state index is 0.0495. The van der Waals surface area contributed by atoms with Crippen LogP contribution in [0.2, 0.25) is 0 Å². The second-order valence-corrected chi connectivity index (χ2v) is 7.06. The fourth-order valence-corrected chi connectivity index (χ4v) is 3.24. The summed E-state index contributed by atoms with van der Waals surface area (Å²) in [5, 5.41) is 4.05. The Morgan fingerprint density at radius 1 is 1.48 bits per heavy atom. The number of amides is 1. The van der Waals surface area contributed by atoms with E-state index in [-0.39, 0.29) is 11.9 Å². The van der Waals surface area contributed by atoms with E-state index in [1.54, 1.807) is 13.1 Å². The largest absolute Gasteiger partial charge is 0.444 e. The minimum Gasteiger partial charge on any atom is -0.444 e. The maximum Gasteiger partial charge on any atom is 0.220 e. The molecule has 7 heteroatoms. The Bertz CT molecular complexity index is 721. The highest BCUT2D eigenvalue weighted by Crippen LogP contribution is 2.22. The molecule has 7 nitrogen and oxygen atoms in total. The molecule has 1 aliphatic heterocycles. The van der Waals surface area contributed by atoms with Crippen molar-refractivity contribution >= 4 is 5.91 Å². The molecule has 0 bridgehead atoms. The molecule has 2 aromatic heterocycles. The summed E-state index contributed by atoms with van der Waals surface area (Å²) in [6.45, 7) is 10.5. The van der Waals surface area contributed by atoms with Crippen LogP contribution in [0, 0.1) is 6.92 Å². The molecule has 3 heterocycles. The van der Waals surface area contributed by atoms with Gasteiger partial charge in [0.05, 0.1) is 18.4 Å². The quantitative estimate of drug-likeness (QED) is 0.800. The lowest BCUT2D eigenvalue weighted by Crippen LogP contribution is -2.40. The van der Waals surface area contributed by atoms with Gasteiger partial charge in [0, 0.05) is 44.6 Å². The van der Waals surface area contributed by atoms with Gasteiger partial charge < -0.3 is 13.8 Å². The fraction of sp³-hybridized carbons (Fsp3) is 0.611. The van der Waals surface area contributed by atoms with E-state index in [2.05, 4.69) is 28.9 Å². The topological polar surface area (TPSA) is 75.6 Å². The highest BCUT2D eigenvalue weighted by atomic mass is 16.5. The molecule has 1 saturated heterocycles. The van der Waals surface area contributed by atoms with Crippen LogP contribution in [0.5, 0.6) is 0 Å². The molecule has 0 saturated carbocycles. The van der Waals surface area contributed by atoms with Crippen molar-refractivity contribution in [1.82, 2.24) is 19.9 Å². The average Bonchev–Trinajstić information content (AvgIpc) is 3.26. The van der Waals surface area contributed by atoms with E-state index in [4.69, 9.17) is 8.94 Å². The molecule has 1 atom stereocenters. The van der Waals surface area contributed by atoms with Gasteiger partial charge in [-0.25, -0.2) is 4.98 Å². The lowest BCUT2D eigenvalue weighted by Gasteiger charge is -2.26. The number of nitrogens with zero attached hydrogens (tertiary/aromatic N) is 4. The molecule has 0 unspecified atom stereocenters. The standard InChI is InChI=1S/C18H26N4O3/c1-12(2)17-8-19-18(24-17)11-22(14(4)23)16-5-6-21(10-16)9-15-7-13(3)25-20-15/h7-8,12,16H,5-6,9-11H2,1-4H3/t16-/m0/s1. The Hall–Kier alpha value is -2.15. The van der Waals surface area contributed by atoms with Crippen LogP contribution in [0.15, 0.2) is 21.2 Å². The number of oxazole rings is 1. The van der Waals surface area contributed by atoms with E-state index in [1.807, 2.05) is 17.9 Å². The van der Waals surface area contributed by atoms with Crippen molar-refractivity contribution in [3.63, 3.8) is 0 Å². The molecule has 1 fully saturated rings. The molecule has 0 aromatic carbocycles. The first kappa shape index (κ1) is 17.7. The zero-order valence-electron chi connectivity index (χ0n) is 15.4. The van der Waals surface area contributed by atoms with Crippen LogP contribution in [0.1, 0.15) is 56.2 Å². The van der Waals surface area contributed by atoms with Crippen LogP contribution >= 0.6 is 0 Å². The summed E-state index contributed by atoms with van der Waals surface area (Å²) in [5.41, 5.74) is 0.932. The van der Waals surface area contributed by atoms with Crippen molar-refractivity contribution in [3.05, 3.63) is 35.4 Å². The third-order valence-corrected chi connectivity index (χ3v) is 4.60. The second-order valence-electron chi connectivity index (χ2n) is 7.06. The molecule has 2 aromatic rings. The molecular weight excluding hydrogens is 320 g/mol. The Kier molecular flexibility index (Phi) is 5.22. The lowest BCUT2D eigenvalue weighted by atomic mass is 10.2. The molecule has 136 valence electrons. The van der Waals surface area contributed by atoms with Crippen LogP contribution in [-0.2, 0) is 17.9 Å². The predicted octanol–water partition coefficient (Wildman–Crippen LogP) is 2.72. The van der Waals surface area contributed by atoms with Crippen molar-refractivity contribution in [2.75, 3.05) is 13.1 Å². The van der Waals surface area contributed by atoms with Gasteiger partial charge in [-0.3, -0.25) is 9.69 Å². The Morgan fingerprint density at radius 2 is 2.28 bits per heavy atom. The van der Waals surface area contributed by atoms with Gasteiger partial charge in [-0.15, -0.1) is 0 Å². The van der Waals surface area contributed by atoms with E-state index in [0.717, 1.165) is 43.3 Å². The van der Waals surface area contributed by atoms with E-state index in [1.165, 1.54) is 0 Å². The number of hydrogen-bond acceptors (Lipinski definition) is 6. The number of aromatic nitrogens is 2. The summed E-state index contributed by atoms with van der Waals surface area (Å²) >= 11 is 0. The zero-order valence-corrected chi connectivity index (χ0v) is 15.4. The average molecular weight is 346 g/mol. The Morgan fingerprint density at radius 3 is 2.88 bits per heavy atom. The fourth-order valence-electron chi connectivity index (χ4n) is 3.24. The van der Waals surface area contributed by atoms with Crippen LogP contribution in [0.4, 0.5) is 0 Å². The number of rotatable bonds is 6. The maximum absolute atomic E-state index is 12.2. The third-order valence-electron chi connectivity index (χ3n) is 4.60. The number of hydrogen-bond donors (Lipinski definition) is 0. The molecule has 25 heavy (non-hydrogen) atoms. The van der Waals surface area contributed by atoms with Gasteiger partial charge >= 0.3 is 0 Å². The SMILES string of the molecule is CC(=O)N(Cc1ncc(C(C)C)o1)[C@H]1CCN(Cc2cc(C)on2)C1. The van der Waals surface area contributed by atoms with E-state index >= 15 is 0 Å². The summed E-state index contributed by atoms with van der Waals surface area (Å²) in [4.78, 5) is 20.6. The van der Waals surface area contributed by atoms with Gasteiger partial charge in [0.1, 0.15) is 11.5 Å². The number of aryl methyl sites for hydroxylation is 1. The lowest BCUT2D eigenvalue weighted by molar-refractivity contribution is -0.132. The van der Waals surface area contributed by atoms with Crippen molar-refractivity contribution in [2.24, 2.45) is 0 Å². The molecule has 0 N–H and O–H groups in total. The van der Waals surface area contributed by atoms with Crippen LogP contribution in [0.25, 0.3) is 0 Å². The van der Waals surface area contributed by atoms with Gasteiger partial charge in [-0.2, -0.15) is 0 Å². The normalized spacial score (nSPS) is 18.2. The minimum absolute atomic E-state index is 0.0495. The van der Waals surface area contributed by atoms with Gasteiger partial charge in [0.25, 0.3) is 0 Å². The first-order chi connectivity index (χ1) is 11.9. The summed E-state index contributed by atoms with van der Waals surface area (Å²) in [6.07, 6.45) is 2.69. The number of carbonyl (C=O) groups excluding carboxylic acids is 1.